The topological polar surface area (TPSA) is 82.1 Å². The zero-order valence-corrected chi connectivity index (χ0v) is 14.1. The Labute approximate surface area is 145 Å². The molecule has 0 bridgehead atoms. The second-order valence-corrected chi connectivity index (χ2v) is 6.66. The second-order valence-electron chi connectivity index (χ2n) is 6.66. The minimum Gasteiger partial charge on any atom is -0.506 e. The molecule has 0 saturated carbocycles. The molecule has 4 rings (SSSR count). The normalized spacial score (nSPS) is 17.8. The summed E-state index contributed by atoms with van der Waals surface area (Å²) < 4.78 is 0. The Morgan fingerprint density at radius 3 is 3.04 bits per heavy atom. The number of piperidine rings is 1. The van der Waals surface area contributed by atoms with Gasteiger partial charge in [0.25, 0.3) is 5.91 Å². The number of imidazole rings is 1. The maximum absolute atomic E-state index is 12.7. The lowest BCUT2D eigenvalue weighted by molar-refractivity contribution is 0.0704. The number of nitrogens with one attached hydrogen (secondary N) is 1. The second kappa shape index (κ2) is 6.20. The molecule has 0 spiro atoms. The average molecular weight is 336 g/mol. The molecule has 3 aromatic rings. The number of fused-ring (bicyclic) bond motifs is 1. The van der Waals surface area contributed by atoms with Gasteiger partial charge < -0.3 is 15.0 Å². The van der Waals surface area contributed by atoms with E-state index in [-0.39, 0.29) is 17.6 Å². The van der Waals surface area contributed by atoms with Crippen molar-refractivity contribution in [3.05, 3.63) is 53.6 Å². The van der Waals surface area contributed by atoms with E-state index >= 15 is 0 Å². The molecule has 1 atom stereocenters. The monoisotopic (exact) mass is 336 g/mol. The highest BCUT2D eigenvalue weighted by Gasteiger charge is 2.27. The number of pyridine rings is 1. The molecular weight excluding hydrogens is 316 g/mol. The first-order chi connectivity index (χ1) is 12.1. The summed E-state index contributed by atoms with van der Waals surface area (Å²) in [5, 5.41) is 9.55. The Balaban J connectivity index is 1.56. The van der Waals surface area contributed by atoms with Crippen LogP contribution in [0, 0.1) is 6.92 Å². The van der Waals surface area contributed by atoms with Crippen LogP contribution in [0.15, 0.2) is 36.7 Å². The van der Waals surface area contributed by atoms with Crippen molar-refractivity contribution in [1.82, 2.24) is 19.9 Å². The molecule has 1 unspecified atom stereocenters. The van der Waals surface area contributed by atoms with Gasteiger partial charge in [0, 0.05) is 25.2 Å². The number of hydrogen-bond acceptors (Lipinski definition) is 4. The van der Waals surface area contributed by atoms with Crippen LogP contribution in [0.25, 0.3) is 11.0 Å². The van der Waals surface area contributed by atoms with E-state index in [1.54, 1.807) is 0 Å². The van der Waals surface area contributed by atoms with E-state index in [4.69, 9.17) is 4.98 Å². The largest absolute Gasteiger partial charge is 0.506 e. The van der Waals surface area contributed by atoms with Gasteiger partial charge >= 0.3 is 0 Å². The van der Waals surface area contributed by atoms with Crippen LogP contribution in [-0.4, -0.2) is 44.0 Å². The lowest BCUT2D eigenvalue weighted by atomic mass is 9.97. The lowest BCUT2D eigenvalue weighted by Crippen LogP contribution is -2.39. The van der Waals surface area contributed by atoms with Crippen molar-refractivity contribution in [2.24, 2.45) is 0 Å². The minimum absolute atomic E-state index is 0.00654. The number of rotatable bonds is 2. The fourth-order valence-electron chi connectivity index (χ4n) is 3.45. The van der Waals surface area contributed by atoms with Crippen molar-refractivity contribution in [2.45, 2.75) is 25.7 Å². The first-order valence-electron chi connectivity index (χ1n) is 8.50. The molecule has 2 aromatic heterocycles. The highest BCUT2D eigenvalue weighted by molar-refractivity contribution is 5.94. The van der Waals surface area contributed by atoms with Crippen LogP contribution in [0.1, 0.15) is 40.5 Å². The Kier molecular flexibility index (Phi) is 3.87. The van der Waals surface area contributed by atoms with Gasteiger partial charge in [-0.05, 0) is 43.5 Å². The lowest BCUT2D eigenvalue weighted by Gasteiger charge is -2.31. The number of nitrogens with zero attached hydrogens (tertiary/aromatic N) is 3. The van der Waals surface area contributed by atoms with Crippen molar-refractivity contribution in [3.8, 4) is 5.75 Å². The van der Waals surface area contributed by atoms with E-state index in [9.17, 15) is 9.90 Å². The number of H-pyrrole nitrogens is 1. The van der Waals surface area contributed by atoms with Crippen LogP contribution in [-0.2, 0) is 0 Å². The van der Waals surface area contributed by atoms with E-state index in [1.807, 2.05) is 11.0 Å². The van der Waals surface area contributed by atoms with Gasteiger partial charge in [0.2, 0.25) is 0 Å². The van der Waals surface area contributed by atoms with Gasteiger partial charge in [-0.1, -0.05) is 6.07 Å². The first-order valence-corrected chi connectivity index (χ1v) is 8.50. The molecule has 1 aliphatic rings. The van der Waals surface area contributed by atoms with E-state index < -0.39 is 0 Å². The maximum atomic E-state index is 12.7. The zero-order valence-electron chi connectivity index (χ0n) is 14.1. The minimum atomic E-state index is -0.0972. The number of aromatic hydroxyl groups is 1. The summed E-state index contributed by atoms with van der Waals surface area (Å²) >= 11 is 0. The average Bonchev–Trinajstić information content (AvgIpc) is 3.04. The highest BCUT2D eigenvalue weighted by Crippen LogP contribution is 2.28. The van der Waals surface area contributed by atoms with E-state index in [2.05, 4.69) is 29.0 Å². The molecule has 6 heteroatoms. The molecule has 0 radical (unpaired) electrons. The zero-order chi connectivity index (χ0) is 17.4. The van der Waals surface area contributed by atoms with Gasteiger partial charge in [0.05, 0.1) is 22.8 Å². The van der Waals surface area contributed by atoms with Crippen LogP contribution in [0.2, 0.25) is 0 Å². The van der Waals surface area contributed by atoms with Crippen LogP contribution in [0.5, 0.6) is 5.75 Å². The van der Waals surface area contributed by atoms with Crippen LogP contribution < -0.4 is 0 Å². The highest BCUT2D eigenvalue weighted by atomic mass is 16.3. The van der Waals surface area contributed by atoms with Crippen molar-refractivity contribution in [2.75, 3.05) is 13.1 Å². The molecule has 3 heterocycles. The SMILES string of the molecule is Cc1ccc2nc(C3CCCN(C(=O)c4cncc(O)c4)C3)[nH]c2c1. The number of hydrogen-bond donors (Lipinski definition) is 2. The predicted octanol–water partition coefficient (Wildman–Crippen LogP) is 2.99. The molecule has 6 nitrogen and oxygen atoms in total. The molecule has 128 valence electrons. The van der Waals surface area contributed by atoms with E-state index in [0.717, 1.165) is 29.7 Å². The molecule has 1 fully saturated rings. The van der Waals surface area contributed by atoms with E-state index in [0.29, 0.717) is 18.7 Å². The Morgan fingerprint density at radius 2 is 2.20 bits per heavy atom. The van der Waals surface area contributed by atoms with Gasteiger partial charge in [0.1, 0.15) is 11.6 Å². The van der Waals surface area contributed by atoms with Crippen molar-refractivity contribution >= 4 is 16.9 Å². The third-order valence-electron chi connectivity index (χ3n) is 4.72. The van der Waals surface area contributed by atoms with Crippen molar-refractivity contribution < 1.29 is 9.90 Å². The number of aryl methyl sites for hydroxylation is 1. The van der Waals surface area contributed by atoms with Gasteiger partial charge in [0.15, 0.2) is 0 Å². The Hall–Kier alpha value is -2.89. The van der Waals surface area contributed by atoms with Crippen LogP contribution in [0.4, 0.5) is 0 Å². The first kappa shape index (κ1) is 15.6. The molecule has 25 heavy (non-hydrogen) atoms. The van der Waals surface area contributed by atoms with Crippen molar-refractivity contribution in [3.63, 3.8) is 0 Å². The summed E-state index contributed by atoms with van der Waals surface area (Å²) in [5.74, 6) is 1.04. The molecule has 2 N–H and O–H groups in total. The number of aromatic amines is 1. The summed E-state index contributed by atoms with van der Waals surface area (Å²) in [6.45, 7) is 3.39. The molecular formula is C19H20N4O2. The van der Waals surface area contributed by atoms with Gasteiger partial charge in [-0.3, -0.25) is 9.78 Å². The van der Waals surface area contributed by atoms with Gasteiger partial charge in [-0.25, -0.2) is 4.98 Å². The third-order valence-corrected chi connectivity index (χ3v) is 4.72. The number of carbonyl (C=O) groups excluding carboxylic acids is 1. The van der Waals surface area contributed by atoms with Gasteiger partial charge in [-0.15, -0.1) is 0 Å². The summed E-state index contributed by atoms with van der Waals surface area (Å²) in [5.41, 5.74) is 3.61. The smallest absolute Gasteiger partial charge is 0.255 e. The fourth-order valence-corrected chi connectivity index (χ4v) is 3.45. The Morgan fingerprint density at radius 1 is 1.32 bits per heavy atom. The molecule has 1 saturated heterocycles. The summed E-state index contributed by atoms with van der Waals surface area (Å²) in [7, 11) is 0. The quantitative estimate of drug-likeness (QED) is 0.754. The molecule has 1 amide bonds. The Bertz CT molecular complexity index is 934. The summed E-state index contributed by atoms with van der Waals surface area (Å²) in [4.78, 5) is 26.5. The standard InChI is InChI=1S/C19H20N4O2/c1-12-4-5-16-17(7-12)22-18(21-16)13-3-2-6-23(11-13)19(25)14-8-15(24)10-20-9-14/h4-5,7-10,13,24H,2-3,6,11H2,1H3,(H,21,22). The molecule has 1 aliphatic heterocycles. The molecule has 1 aromatic carbocycles. The summed E-state index contributed by atoms with van der Waals surface area (Å²) in [6.07, 6.45) is 4.75. The third kappa shape index (κ3) is 3.07. The van der Waals surface area contributed by atoms with E-state index in [1.165, 1.54) is 24.0 Å². The number of carbonyl (C=O) groups is 1. The number of amides is 1. The van der Waals surface area contributed by atoms with Crippen LogP contribution >= 0.6 is 0 Å². The number of aromatic nitrogens is 3. The van der Waals surface area contributed by atoms with Crippen LogP contribution in [0.3, 0.4) is 0 Å². The summed E-state index contributed by atoms with van der Waals surface area (Å²) in [6, 6.07) is 7.63. The molecule has 0 aliphatic carbocycles. The van der Waals surface area contributed by atoms with Crippen molar-refractivity contribution in [1.29, 1.82) is 0 Å². The maximum Gasteiger partial charge on any atom is 0.255 e. The van der Waals surface area contributed by atoms with Gasteiger partial charge in [-0.2, -0.15) is 0 Å². The predicted molar refractivity (Wildman–Crippen MR) is 94.6 cm³/mol. The fraction of sp³-hybridized carbons (Fsp3) is 0.316. The number of benzene rings is 1. The number of likely N-dealkylation sites (tertiary alicyclic amines) is 1.